The smallest absolute Gasteiger partial charge is 0.249 e. The molecule has 5 heteroatoms. The van der Waals surface area contributed by atoms with E-state index in [1.54, 1.807) is 12.0 Å². The van der Waals surface area contributed by atoms with E-state index in [4.69, 9.17) is 4.74 Å². The highest BCUT2D eigenvalue weighted by Crippen LogP contribution is 2.20. The molecule has 21 heavy (non-hydrogen) atoms. The Bertz CT molecular complexity index is 516. The number of methoxy groups -OCH3 is 1. The van der Waals surface area contributed by atoms with Gasteiger partial charge in [-0.15, -0.1) is 0 Å². The van der Waals surface area contributed by atoms with E-state index in [2.05, 4.69) is 5.32 Å². The summed E-state index contributed by atoms with van der Waals surface area (Å²) in [7, 11) is 1.64. The molecule has 0 aromatic heterocycles. The Kier molecular flexibility index (Phi) is 5.33. The summed E-state index contributed by atoms with van der Waals surface area (Å²) in [4.78, 5) is 26.1. The Morgan fingerprint density at radius 1 is 1.38 bits per heavy atom. The van der Waals surface area contributed by atoms with E-state index in [-0.39, 0.29) is 11.8 Å². The third kappa shape index (κ3) is 3.82. The Morgan fingerprint density at radius 3 is 2.90 bits per heavy atom. The van der Waals surface area contributed by atoms with Crippen molar-refractivity contribution < 1.29 is 14.3 Å². The predicted octanol–water partition coefficient (Wildman–Crippen LogP) is 1.85. The van der Waals surface area contributed by atoms with Crippen molar-refractivity contribution in [2.75, 3.05) is 18.6 Å². The van der Waals surface area contributed by atoms with Crippen molar-refractivity contribution in [1.82, 2.24) is 5.32 Å². The lowest BCUT2D eigenvalue weighted by Crippen LogP contribution is -2.44. The summed E-state index contributed by atoms with van der Waals surface area (Å²) in [5, 5.41) is 2.81. The minimum atomic E-state index is -0.420. The Labute approximate surface area is 125 Å². The van der Waals surface area contributed by atoms with Gasteiger partial charge in [0.25, 0.3) is 0 Å². The van der Waals surface area contributed by atoms with E-state index in [0.717, 1.165) is 17.7 Å². The van der Waals surface area contributed by atoms with E-state index in [1.165, 1.54) is 0 Å². The first kappa shape index (κ1) is 15.5. The number of nitrogens with one attached hydrogen (secondary N) is 1. The molecule has 1 aromatic carbocycles. The molecule has 0 saturated carbocycles. The molecule has 0 spiro atoms. The average Bonchev–Trinajstić information content (AvgIpc) is 2.60. The van der Waals surface area contributed by atoms with Crippen molar-refractivity contribution in [3.8, 4) is 0 Å². The summed E-state index contributed by atoms with van der Waals surface area (Å²) < 4.78 is 5.13. The second-order valence-corrected chi connectivity index (χ2v) is 5.25. The molecule has 1 heterocycles. The maximum Gasteiger partial charge on any atom is 0.249 e. The predicted molar refractivity (Wildman–Crippen MR) is 81.0 cm³/mol. The lowest BCUT2D eigenvalue weighted by molar-refractivity contribution is -0.125. The van der Waals surface area contributed by atoms with Crippen LogP contribution in [0.2, 0.25) is 0 Å². The first-order chi connectivity index (χ1) is 10.2. The van der Waals surface area contributed by atoms with Crippen molar-refractivity contribution in [2.24, 2.45) is 0 Å². The van der Waals surface area contributed by atoms with Gasteiger partial charge in [-0.3, -0.25) is 9.59 Å². The molecule has 1 aliphatic heterocycles. The van der Waals surface area contributed by atoms with E-state index in [9.17, 15) is 9.59 Å². The quantitative estimate of drug-likeness (QED) is 0.900. The van der Waals surface area contributed by atoms with Crippen LogP contribution in [-0.4, -0.2) is 31.5 Å². The Hall–Kier alpha value is -1.88. The third-order valence-corrected chi connectivity index (χ3v) is 3.57. The zero-order valence-electron chi connectivity index (χ0n) is 12.6. The number of amides is 2. The van der Waals surface area contributed by atoms with Gasteiger partial charge in [-0.25, -0.2) is 0 Å². The van der Waals surface area contributed by atoms with Gasteiger partial charge >= 0.3 is 0 Å². The topological polar surface area (TPSA) is 58.6 Å². The molecule has 1 N–H and O–H groups in total. The number of carbonyl (C=O) groups is 2. The largest absolute Gasteiger partial charge is 0.380 e. The molecule has 0 radical (unpaired) electrons. The highest BCUT2D eigenvalue weighted by molar-refractivity contribution is 6.01. The van der Waals surface area contributed by atoms with Gasteiger partial charge < -0.3 is 15.0 Å². The van der Waals surface area contributed by atoms with Gasteiger partial charge in [0.2, 0.25) is 11.8 Å². The van der Waals surface area contributed by atoms with Gasteiger partial charge in [-0.1, -0.05) is 25.5 Å². The monoisotopic (exact) mass is 290 g/mol. The Morgan fingerprint density at radius 2 is 2.19 bits per heavy atom. The molecular weight excluding hydrogens is 268 g/mol. The lowest BCUT2D eigenvalue weighted by atomic mass is 10.1. The summed E-state index contributed by atoms with van der Waals surface area (Å²) in [6, 6.07) is 7.29. The van der Waals surface area contributed by atoms with Crippen LogP contribution in [0.15, 0.2) is 24.3 Å². The molecule has 2 amide bonds. The SMILES string of the molecule is CCCC1NC(=O)CCN(c2cccc(COC)c2)C1=O. The minimum Gasteiger partial charge on any atom is -0.380 e. The molecule has 5 nitrogen and oxygen atoms in total. The second-order valence-electron chi connectivity index (χ2n) is 5.25. The van der Waals surface area contributed by atoms with Crippen LogP contribution < -0.4 is 10.2 Å². The van der Waals surface area contributed by atoms with Gasteiger partial charge in [0, 0.05) is 25.8 Å². The summed E-state index contributed by atoms with van der Waals surface area (Å²) in [6.45, 7) is 2.93. The van der Waals surface area contributed by atoms with Crippen LogP contribution in [-0.2, 0) is 20.9 Å². The fourth-order valence-electron chi connectivity index (χ4n) is 2.56. The van der Waals surface area contributed by atoms with Crippen molar-refractivity contribution >= 4 is 17.5 Å². The van der Waals surface area contributed by atoms with Gasteiger partial charge in [0.15, 0.2) is 0 Å². The van der Waals surface area contributed by atoms with Gasteiger partial charge in [0.1, 0.15) is 6.04 Å². The molecule has 0 bridgehead atoms. The second kappa shape index (κ2) is 7.22. The molecule has 0 aliphatic carbocycles. The van der Waals surface area contributed by atoms with Crippen molar-refractivity contribution in [3.63, 3.8) is 0 Å². The number of hydrogen-bond acceptors (Lipinski definition) is 3. The number of rotatable bonds is 5. The summed E-state index contributed by atoms with van der Waals surface area (Å²) in [5.41, 5.74) is 1.84. The van der Waals surface area contributed by atoms with Crippen LogP contribution in [0.25, 0.3) is 0 Å². The van der Waals surface area contributed by atoms with Gasteiger partial charge in [-0.2, -0.15) is 0 Å². The fraction of sp³-hybridized carbons (Fsp3) is 0.500. The van der Waals surface area contributed by atoms with Crippen molar-refractivity contribution in [2.45, 2.75) is 38.8 Å². The lowest BCUT2D eigenvalue weighted by Gasteiger charge is -2.24. The van der Waals surface area contributed by atoms with Crippen LogP contribution in [0.4, 0.5) is 5.69 Å². The average molecular weight is 290 g/mol. The molecule has 1 aliphatic rings. The molecule has 1 fully saturated rings. The Balaban J connectivity index is 2.25. The summed E-state index contributed by atoms with van der Waals surface area (Å²) in [5.74, 6) is -0.0883. The maximum atomic E-state index is 12.6. The minimum absolute atomic E-state index is 0.0303. The summed E-state index contributed by atoms with van der Waals surface area (Å²) >= 11 is 0. The number of nitrogens with zero attached hydrogens (tertiary/aromatic N) is 1. The van der Waals surface area contributed by atoms with Crippen LogP contribution in [0, 0.1) is 0 Å². The maximum absolute atomic E-state index is 12.6. The third-order valence-electron chi connectivity index (χ3n) is 3.57. The van der Waals surface area contributed by atoms with E-state index in [0.29, 0.717) is 26.0 Å². The van der Waals surface area contributed by atoms with Crippen LogP contribution in [0.3, 0.4) is 0 Å². The number of hydrogen-bond donors (Lipinski definition) is 1. The molecule has 114 valence electrons. The molecule has 1 saturated heterocycles. The molecular formula is C16H22N2O3. The first-order valence-electron chi connectivity index (χ1n) is 7.34. The van der Waals surface area contributed by atoms with Crippen molar-refractivity contribution in [1.29, 1.82) is 0 Å². The fourth-order valence-corrected chi connectivity index (χ4v) is 2.56. The van der Waals surface area contributed by atoms with Gasteiger partial charge in [0.05, 0.1) is 6.61 Å². The zero-order valence-corrected chi connectivity index (χ0v) is 12.6. The highest BCUT2D eigenvalue weighted by atomic mass is 16.5. The molecule has 1 unspecified atom stereocenters. The van der Waals surface area contributed by atoms with E-state index < -0.39 is 6.04 Å². The zero-order chi connectivity index (χ0) is 15.2. The molecule has 1 aromatic rings. The normalized spacial score (nSPS) is 19.3. The summed E-state index contributed by atoms with van der Waals surface area (Å²) in [6.07, 6.45) is 1.85. The highest BCUT2D eigenvalue weighted by Gasteiger charge is 2.29. The van der Waals surface area contributed by atoms with Gasteiger partial charge in [-0.05, 0) is 24.1 Å². The number of ether oxygens (including phenoxy) is 1. The van der Waals surface area contributed by atoms with Crippen LogP contribution in [0.1, 0.15) is 31.7 Å². The van der Waals surface area contributed by atoms with Crippen molar-refractivity contribution in [3.05, 3.63) is 29.8 Å². The van der Waals surface area contributed by atoms with Crippen LogP contribution >= 0.6 is 0 Å². The standard InChI is InChI=1S/C16H22N2O3/c1-3-5-14-16(20)18(9-8-15(19)17-14)13-7-4-6-12(10-13)11-21-2/h4,6-7,10,14H,3,5,8-9,11H2,1-2H3,(H,17,19). The van der Waals surface area contributed by atoms with E-state index in [1.807, 2.05) is 31.2 Å². The molecule has 1 atom stereocenters. The molecule has 2 rings (SSSR count). The van der Waals surface area contributed by atoms with E-state index >= 15 is 0 Å². The number of anilines is 1. The number of carbonyl (C=O) groups excluding carboxylic acids is 2. The number of benzene rings is 1. The van der Waals surface area contributed by atoms with Crippen LogP contribution in [0.5, 0.6) is 0 Å². The first-order valence-corrected chi connectivity index (χ1v) is 7.34.